The lowest BCUT2D eigenvalue weighted by Gasteiger charge is -2.03. The molecule has 0 radical (unpaired) electrons. The molecule has 0 bridgehead atoms. The highest BCUT2D eigenvalue weighted by Crippen LogP contribution is 2.32. The molecule has 0 amide bonds. The van der Waals surface area contributed by atoms with Crippen molar-refractivity contribution < 1.29 is 4.39 Å². The monoisotopic (exact) mass is 370 g/mol. The number of nitrogens with zero attached hydrogens (tertiary/aromatic N) is 2. The summed E-state index contributed by atoms with van der Waals surface area (Å²) in [6, 6.07) is 6.66. The third-order valence-electron chi connectivity index (χ3n) is 2.92. The van der Waals surface area contributed by atoms with E-state index in [1.165, 1.54) is 10.9 Å². The molecule has 0 N–H and O–H groups in total. The number of hydrogen-bond acceptors (Lipinski definition) is 3. The third kappa shape index (κ3) is 2.45. The number of fused-ring (bicyclic) bond motifs is 1. The fourth-order valence-electron chi connectivity index (χ4n) is 1.90. The van der Waals surface area contributed by atoms with Gasteiger partial charge in [-0.05, 0) is 30.7 Å². The highest BCUT2D eigenvalue weighted by atomic mass is 79.9. The summed E-state index contributed by atoms with van der Waals surface area (Å²) in [5.74, 6) is -0.0540. The molecule has 0 aliphatic rings. The van der Waals surface area contributed by atoms with Crippen molar-refractivity contribution in [3.05, 3.63) is 44.6 Å². The molecule has 102 valence electrons. The summed E-state index contributed by atoms with van der Waals surface area (Å²) >= 11 is 11.1. The lowest BCUT2D eigenvalue weighted by atomic mass is 10.2. The number of aromatic nitrogens is 2. The van der Waals surface area contributed by atoms with Gasteiger partial charge in [0, 0.05) is 14.7 Å². The van der Waals surface area contributed by atoms with Gasteiger partial charge in [0.2, 0.25) is 0 Å². The summed E-state index contributed by atoms with van der Waals surface area (Å²) in [6.45, 7) is 2.07. The minimum atomic E-state index is -0.365. The zero-order chi connectivity index (χ0) is 14.3. The fraction of sp³-hybridized carbons (Fsp3) is 0.143. The summed E-state index contributed by atoms with van der Waals surface area (Å²) in [4.78, 5) is 10.6. The number of benzene rings is 1. The van der Waals surface area contributed by atoms with Gasteiger partial charge in [-0.25, -0.2) is 14.4 Å². The molecule has 2 aromatic heterocycles. The van der Waals surface area contributed by atoms with Gasteiger partial charge in [-0.1, -0.05) is 34.5 Å². The van der Waals surface area contributed by atoms with Crippen molar-refractivity contribution in [2.45, 2.75) is 13.3 Å². The second-order valence-corrected chi connectivity index (χ2v) is 6.64. The number of aryl methyl sites for hydroxylation is 1. The van der Waals surface area contributed by atoms with Gasteiger partial charge in [-0.3, -0.25) is 0 Å². The van der Waals surface area contributed by atoms with E-state index in [9.17, 15) is 4.39 Å². The second kappa shape index (κ2) is 5.39. The van der Waals surface area contributed by atoms with Crippen molar-refractivity contribution >= 4 is 49.1 Å². The van der Waals surface area contributed by atoms with E-state index in [4.69, 9.17) is 11.6 Å². The Bertz CT molecular complexity index is 803. The van der Waals surface area contributed by atoms with Crippen LogP contribution in [-0.2, 0) is 6.42 Å². The highest BCUT2D eigenvalue weighted by Gasteiger charge is 2.14. The van der Waals surface area contributed by atoms with Crippen LogP contribution in [0.5, 0.6) is 0 Å². The first-order valence-corrected chi connectivity index (χ1v) is 7.98. The minimum Gasteiger partial charge on any atom is -0.217 e. The molecular formula is C14H9BrClFN2S. The zero-order valence-corrected chi connectivity index (χ0v) is 13.6. The lowest BCUT2D eigenvalue weighted by molar-refractivity contribution is 0.630. The standard InChI is InChI=1S/C14H9BrClFN2S/c1-2-8-6-10-12(16)18-13(19-14(10)20-8)9-5-7(15)3-4-11(9)17/h3-6H,2H2,1H3. The van der Waals surface area contributed by atoms with Crippen LogP contribution in [0.15, 0.2) is 28.7 Å². The van der Waals surface area contributed by atoms with E-state index in [1.54, 1.807) is 23.5 Å². The first kappa shape index (κ1) is 13.9. The average Bonchev–Trinajstić information content (AvgIpc) is 2.85. The van der Waals surface area contributed by atoms with Gasteiger partial charge in [-0.15, -0.1) is 11.3 Å². The predicted molar refractivity (Wildman–Crippen MR) is 84.9 cm³/mol. The quantitative estimate of drug-likeness (QED) is 0.558. The van der Waals surface area contributed by atoms with Gasteiger partial charge < -0.3 is 0 Å². The van der Waals surface area contributed by atoms with E-state index in [-0.39, 0.29) is 5.82 Å². The van der Waals surface area contributed by atoms with Gasteiger partial charge in [0.25, 0.3) is 0 Å². The fourth-order valence-corrected chi connectivity index (χ4v) is 3.51. The Morgan fingerprint density at radius 3 is 2.85 bits per heavy atom. The Morgan fingerprint density at radius 1 is 1.30 bits per heavy atom. The van der Waals surface area contributed by atoms with E-state index in [2.05, 4.69) is 32.8 Å². The maximum atomic E-state index is 13.9. The van der Waals surface area contributed by atoms with E-state index in [0.29, 0.717) is 16.5 Å². The smallest absolute Gasteiger partial charge is 0.165 e. The molecule has 0 aliphatic carbocycles. The summed E-state index contributed by atoms with van der Waals surface area (Å²) < 4.78 is 14.7. The largest absolute Gasteiger partial charge is 0.217 e. The first-order chi connectivity index (χ1) is 9.58. The molecule has 0 unspecified atom stereocenters. The molecule has 6 heteroatoms. The second-order valence-electron chi connectivity index (χ2n) is 4.25. The van der Waals surface area contributed by atoms with Crippen molar-refractivity contribution in [2.75, 3.05) is 0 Å². The molecule has 0 saturated carbocycles. The number of halogens is 3. The molecular weight excluding hydrogens is 363 g/mol. The topological polar surface area (TPSA) is 25.8 Å². The maximum absolute atomic E-state index is 13.9. The Balaban J connectivity index is 2.24. The van der Waals surface area contributed by atoms with Gasteiger partial charge in [-0.2, -0.15) is 0 Å². The molecule has 0 fully saturated rings. The Labute approximate surface area is 132 Å². The normalized spacial score (nSPS) is 11.2. The number of thiophene rings is 1. The van der Waals surface area contributed by atoms with Crippen LogP contribution in [-0.4, -0.2) is 9.97 Å². The van der Waals surface area contributed by atoms with Gasteiger partial charge >= 0.3 is 0 Å². The minimum absolute atomic E-state index is 0.311. The Hall–Kier alpha value is -1.04. The van der Waals surface area contributed by atoms with E-state index in [1.807, 2.05) is 6.07 Å². The summed E-state index contributed by atoms with van der Waals surface area (Å²) in [5, 5.41) is 1.19. The molecule has 0 aliphatic heterocycles. The van der Waals surface area contributed by atoms with Crippen molar-refractivity contribution in [1.82, 2.24) is 9.97 Å². The highest BCUT2D eigenvalue weighted by molar-refractivity contribution is 9.10. The molecule has 0 atom stereocenters. The van der Waals surface area contributed by atoms with Crippen LogP contribution in [0.1, 0.15) is 11.8 Å². The molecule has 0 saturated heterocycles. The van der Waals surface area contributed by atoms with Crippen molar-refractivity contribution in [3.8, 4) is 11.4 Å². The summed E-state index contributed by atoms with van der Waals surface area (Å²) in [6.07, 6.45) is 0.915. The van der Waals surface area contributed by atoms with E-state index < -0.39 is 0 Å². The van der Waals surface area contributed by atoms with Crippen LogP contribution in [0.25, 0.3) is 21.6 Å². The molecule has 0 spiro atoms. The van der Waals surface area contributed by atoms with Crippen LogP contribution in [0.4, 0.5) is 4.39 Å². The van der Waals surface area contributed by atoms with Crippen LogP contribution < -0.4 is 0 Å². The average molecular weight is 372 g/mol. The van der Waals surface area contributed by atoms with E-state index >= 15 is 0 Å². The van der Waals surface area contributed by atoms with Crippen LogP contribution in [0.3, 0.4) is 0 Å². The van der Waals surface area contributed by atoms with Gasteiger partial charge in [0.15, 0.2) is 5.82 Å². The first-order valence-electron chi connectivity index (χ1n) is 6.00. The third-order valence-corrected chi connectivity index (χ3v) is 4.87. The summed E-state index contributed by atoms with van der Waals surface area (Å²) in [7, 11) is 0. The number of hydrogen-bond donors (Lipinski definition) is 0. The molecule has 2 heterocycles. The summed E-state index contributed by atoms with van der Waals surface area (Å²) in [5.41, 5.74) is 0.342. The molecule has 3 aromatic rings. The van der Waals surface area contributed by atoms with E-state index in [0.717, 1.165) is 21.1 Å². The van der Waals surface area contributed by atoms with Crippen LogP contribution >= 0.6 is 38.9 Å². The molecule has 20 heavy (non-hydrogen) atoms. The van der Waals surface area contributed by atoms with Gasteiger partial charge in [0.05, 0.1) is 5.56 Å². The molecule has 3 rings (SSSR count). The van der Waals surface area contributed by atoms with Crippen LogP contribution in [0.2, 0.25) is 5.15 Å². The van der Waals surface area contributed by atoms with Gasteiger partial charge in [0.1, 0.15) is 15.8 Å². The van der Waals surface area contributed by atoms with Crippen molar-refractivity contribution in [2.24, 2.45) is 0 Å². The predicted octanol–water partition coefficient (Wildman–Crippen LogP) is 5.48. The number of rotatable bonds is 2. The van der Waals surface area contributed by atoms with Crippen molar-refractivity contribution in [3.63, 3.8) is 0 Å². The SMILES string of the molecule is CCc1cc2c(Cl)nc(-c3cc(Br)ccc3F)nc2s1. The lowest BCUT2D eigenvalue weighted by Crippen LogP contribution is -1.92. The zero-order valence-electron chi connectivity index (χ0n) is 10.5. The maximum Gasteiger partial charge on any atom is 0.165 e. The van der Waals surface area contributed by atoms with Crippen LogP contribution in [0, 0.1) is 5.82 Å². The molecule has 2 nitrogen and oxygen atoms in total. The Morgan fingerprint density at radius 2 is 2.10 bits per heavy atom. The molecule has 1 aromatic carbocycles. The Kier molecular flexibility index (Phi) is 3.75. The van der Waals surface area contributed by atoms with Crippen molar-refractivity contribution in [1.29, 1.82) is 0 Å².